The summed E-state index contributed by atoms with van der Waals surface area (Å²) in [5, 5.41) is 4.23. The summed E-state index contributed by atoms with van der Waals surface area (Å²) in [6.07, 6.45) is 0. The van der Waals surface area contributed by atoms with Crippen LogP contribution in [0.15, 0.2) is 41.2 Å². The van der Waals surface area contributed by atoms with Gasteiger partial charge in [-0.15, -0.1) is 0 Å². The van der Waals surface area contributed by atoms with Gasteiger partial charge in [-0.1, -0.05) is 30.3 Å². The molecule has 1 atom stereocenters. The fourth-order valence-corrected chi connectivity index (χ4v) is 1.71. The molecule has 0 aliphatic heterocycles. The number of rotatable bonds is 2. The van der Waals surface area contributed by atoms with Gasteiger partial charge in [0.05, 0.1) is 5.69 Å². The first kappa shape index (κ1) is 11.5. The van der Waals surface area contributed by atoms with Crippen molar-refractivity contribution < 1.29 is 0 Å². The Morgan fingerprint density at radius 3 is 2.53 bits per heavy atom. The van der Waals surface area contributed by atoms with Crippen LogP contribution in [-0.4, -0.2) is 9.78 Å². The highest BCUT2D eigenvalue weighted by Gasteiger charge is 2.10. The summed E-state index contributed by atoms with van der Waals surface area (Å²) < 4.78 is 1.33. The molecule has 17 heavy (non-hydrogen) atoms. The van der Waals surface area contributed by atoms with Crippen LogP contribution in [0.5, 0.6) is 0 Å². The Morgan fingerprint density at radius 2 is 1.94 bits per heavy atom. The third-order valence-electron chi connectivity index (χ3n) is 2.65. The minimum absolute atomic E-state index is 0.139. The molecule has 88 valence electrons. The molecule has 0 saturated carbocycles. The van der Waals surface area contributed by atoms with E-state index in [1.54, 1.807) is 20.0 Å². The van der Waals surface area contributed by atoms with Crippen molar-refractivity contribution in [3.05, 3.63) is 52.3 Å². The van der Waals surface area contributed by atoms with E-state index in [9.17, 15) is 4.79 Å². The molecular weight excluding hydrogens is 214 g/mol. The number of benzene rings is 1. The Hall–Kier alpha value is -1.94. The van der Waals surface area contributed by atoms with E-state index in [2.05, 4.69) is 5.10 Å². The molecular formula is C13H15N3O. The minimum atomic E-state index is -0.292. The molecule has 0 amide bonds. The minimum Gasteiger partial charge on any atom is -0.324 e. The quantitative estimate of drug-likeness (QED) is 0.848. The average Bonchev–Trinajstić information content (AvgIpc) is 2.33. The van der Waals surface area contributed by atoms with Crippen LogP contribution in [0.1, 0.15) is 18.5 Å². The summed E-state index contributed by atoms with van der Waals surface area (Å²) in [5.74, 6) is 0. The second kappa shape index (κ2) is 4.51. The van der Waals surface area contributed by atoms with Crippen molar-refractivity contribution in [2.45, 2.75) is 13.0 Å². The Balaban J connectivity index is 2.62. The molecule has 0 spiro atoms. The monoisotopic (exact) mass is 229 g/mol. The van der Waals surface area contributed by atoms with Crippen LogP contribution >= 0.6 is 0 Å². The predicted molar refractivity (Wildman–Crippen MR) is 67.5 cm³/mol. The van der Waals surface area contributed by atoms with Gasteiger partial charge in [-0.2, -0.15) is 5.10 Å². The molecule has 0 bridgehead atoms. The topological polar surface area (TPSA) is 60.9 Å². The summed E-state index contributed by atoms with van der Waals surface area (Å²) in [7, 11) is 1.64. The van der Waals surface area contributed by atoms with E-state index in [-0.39, 0.29) is 11.6 Å². The van der Waals surface area contributed by atoms with Gasteiger partial charge in [-0.05, 0) is 13.0 Å². The van der Waals surface area contributed by atoms with Crippen molar-refractivity contribution >= 4 is 0 Å². The molecule has 4 heteroatoms. The lowest BCUT2D eigenvalue weighted by Gasteiger charge is -2.09. The van der Waals surface area contributed by atoms with Crippen molar-refractivity contribution in [2.75, 3.05) is 0 Å². The molecule has 4 nitrogen and oxygen atoms in total. The zero-order valence-corrected chi connectivity index (χ0v) is 9.92. The highest BCUT2D eigenvalue weighted by molar-refractivity contribution is 5.58. The largest absolute Gasteiger partial charge is 0.324 e. The van der Waals surface area contributed by atoms with Crippen LogP contribution in [-0.2, 0) is 7.05 Å². The maximum absolute atomic E-state index is 11.8. The maximum Gasteiger partial charge on any atom is 0.271 e. The van der Waals surface area contributed by atoms with Crippen molar-refractivity contribution in [1.82, 2.24) is 9.78 Å². The van der Waals surface area contributed by atoms with E-state index in [0.29, 0.717) is 5.56 Å². The third kappa shape index (κ3) is 2.26. The lowest BCUT2D eigenvalue weighted by Crippen LogP contribution is -2.27. The lowest BCUT2D eigenvalue weighted by atomic mass is 10.1. The zero-order chi connectivity index (χ0) is 12.4. The smallest absolute Gasteiger partial charge is 0.271 e. The number of aryl methyl sites for hydroxylation is 1. The van der Waals surface area contributed by atoms with Crippen LogP contribution in [0.25, 0.3) is 11.3 Å². The van der Waals surface area contributed by atoms with Gasteiger partial charge in [0.15, 0.2) is 0 Å². The second-order valence-corrected chi connectivity index (χ2v) is 4.07. The molecule has 0 radical (unpaired) electrons. The van der Waals surface area contributed by atoms with Gasteiger partial charge in [-0.3, -0.25) is 4.79 Å². The number of hydrogen-bond donors (Lipinski definition) is 1. The normalized spacial score (nSPS) is 12.4. The number of hydrogen-bond acceptors (Lipinski definition) is 3. The standard InChI is InChI=1S/C13H15N3O/c1-9(14)11-8-12(15-16(2)13(11)17)10-6-4-3-5-7-10/h3-9H,14H2,1-2H3. The molecule has 1 unspecified atom stereocenters. The first-order chi connectivity index (χ1) is 8.09. The Bertz CT molecular complexity index is 573. The van der Waals surface area contributed by atoms with Crippen molar-refractivity contribution in [2.24, 2.45) is 12.8 Å². The third-order valence-corrected chi connectivity index (χ3v) is 2.65. The van der Waals surface area contributed by atoms with E-state index in [0.717, 1.165) is 11.3 Å². The van der Waals surface area contributed by atoms with Gasteiger partial charge in [0, 0.05) is 24.2 Å². The number of nitrogens with two attached hydrogens (primary N) is 1. The van der Waals surface area contributed by atoms with Crippen LogP contribution in [0, 0.1) is 0 Å². The van der Waals surface area contributed by atoms with Gasteiger partial charge in [0.2, 0.25) is 0 Å². The molecule has 0 aliphatic carbocycles. The highest BCUT2D eigenvalue weighted by atomic mass is 16.1. The average molecular weight is 229 g/mol. The van der Waals surface area contributed by atoms with Crippen molar-refractivity contribution in [3.8, 4) is 11.3 Å². The Kier molecular flexibility index (Phi) is 3.06. The van der Waals surface area contributed by atoms with E-state index in [1.807, 2.05) is 30.3 Å². The summed E-state index contributed by atoms with van der Waals surface area (Å²) in [4.78, 5) is 11.8. The molecule has 2 N–H and O–H groups in total. The zero-order valence-electron chi connectivity index (χ0n) is 9.92. The van der Waals surface area contributed by atoms with Crippen molar-refractivity contribution in [1.29, 1.82) is 0 Å². The van der Waals surface area contributed by atoms with Crippen LogP contribution in [0.3, 0.4) is 0 Å². The summed E-state index contributed by atoms with van der Waals surface area (Å²) in [6, 6.07) is 11.2. The van der Waals surface area contributed by atoms with Crippen LogP contribution < -0.4 is 11.3 Å². The maximum atomic E-state index is 11.8. The molecule has 1 aromatic heterocycles. The summed E-state index contributed by atoms with van der Waals surface area (Å²) in [6.45, 7) is 1.80. The summed E-state index contributed by atoms with van der Waals surface area (Å²) >= 11 is 0. The van der Waals surface area contributed by atoms with Gasteiger partial charge in [-0.25, -0.2) is 4.68 Å². The van der Waals surface area contributed by atoms with E-state index >= 15 is 0 Å². The first-order valence-electron chi connectivity index (χ1n) is 5.49. The lowest BCUT2D eigenvalue weighted by molar-refractivity contribution is 0.675. The molecule has 2 rings (SSSR count). The predicted octanol–water partition coefficient (Wildman–Crippen LogP) is 1.47. The fourth-order valence-electron chi connectivity index (χ4n) is 1.71. The van der Waals surface area contributed by atoms with Crippen molar-refractivity contribution in [3.63, 3.8) is 0 Å². The summed E-state index contributed by atoms with van der Waals surface area (Å²) in [5.41, 5.74) is 7.98. The fraction of sp³-hybridized carbons (Fsp3) is 0.231. The molecule has 0 aliphatic rings. The number of nitrogens with zero attached hydrogens (tertiary/aromatic N) is 2. The van der Waals surface area contributed by atoms with Gasteiger partial charge in [0.25, 0.3) is 5.56 Å². The van der Waals surface area contributed by atoms with Gasteiger partial charge < -0.3 is 5.73 Å². The Morgan fingerprint density at radius 1 is 1.29 bits per heavy atom. The van der Waals surface area contributed by atoms with Crippen LogP contribution in [0.2, 0.25) is 0 Å². The molecule has 0 fully saturated rings. The SMILES string of the molecule is CC(N)c1cc(-c2ccccc2)nn(C)c1=O. The van der Waals surface area contributed by atoms with E-state index in [4.69, 9.17) is 5.73 Å². The molecule has 2 aromatic rings. The van der Waals surface area contributed by atoms with Gasteiger partial charge in [0.1, 0.15) is 0 Å². The molecule has 1 heterocycles. The van der Waals surface area contributed by atoms with Gasteiger partial charge >= 0.3 is 0 Å². The molecule has 0 saturated heterocycles. The molecule has 1 aromatic carbocycles. The highest BCUT2D eigenvalue weighted by Crippen LogP contribution is 2.17. The second-order valence-electron chi connectivity index (χ2n) is 4.07. The van der Waals surface area contributed by atoms with E-state index in [1.165, 1.54) is 4.68 Å². The Labute approximate surface area is 99.7 Å². The number of aromatic nitrogens is 2. The van der Waals surface area contributed by atoms with E-state index < -0.39 is 0 Å². The van der Waals surface area contributed by atoms with Crippen LogP contribution in [0.4, 0.5) is 0 Å². The first-order valence-corrected chi connectivity index (χ1v) is 5.49.